The summed E-state index contributed by atoms with van der Waals surface area (Å²) in [6.07, 6.45) is 2.68. The summed E-state index contributed by atoms with van der Waals surface area (Å²) in [5.41, 5.74) is 0.481. The molecule has 0 radical (unpaired) electrons. The normalized spacial score (nSPS) is 19.2. The molecule has 0 saturated heterocycles. The maximum absolute atomic E-state index is 3.29. The third-order valence-electron chi connectivity index (χ3n) is 1.90. The average molecular weight is 146 g/mol. The first-order valence-corrected chi connectivity index (χ1v) is 4.16. The van der Waals surface area contributed by atoms with E-state index in [2.05, 4.69) is 10.6 Å². The first-order chi connectivity index (χ1) is 4.83. The van der Waals surface area contributed by atoms with Crippen molar-refractivity contribution in [2.45, 2.75) is 32.2 Å². The van der Waals surface area contributed by atoms with Gasteiger partial charge in [0, 0.05) is 13.5 Å². The van der Waals surface area contributed by atoms with Crippen LogP contribution < -0.4 is 10.6 Å². The Labute approximate surface area is 65.9 Å². The third kappa shape index (κ3) is 2.67. The molecule has 1 aliphatic rings. The fraction of sp³-hybridized carbons (Fsp3) is 1.00. The zero-order valence-corrected chi connectivity index (χ0v) is 7.62. The van der Waals surface area contributed by atoms with Gasteiger partial charge < -0.3 is 10.6 Å². The van der Waals surface area contributed by atoms with E-state index in [1.807, 2.05) is 27.9 Å². The van der Waals surface area contributed by atoms with Crippen molar-refractivity contribution in [2.75, 3.05) is 20.6 Å². The van der Waals surface area contributed by atoms with Crippen LogP contribution in [-0.4, -0.2) is 26.2 Å². The third-order valence-corrected chi connectivity index (χ3v) is 1.90. The van der Waals surface area contributed by atoms with Gasteiger partial charge in [-0.15, -0.1) is 0 Å². The van der Waals surface area contributed by atoms with E-state index in [-0.39, 0.29) is 1.43 Å². The van der Waals surface area contributed by atoms with E-state index >= 15 is 0 Å². The minimum atomic E-state index is 0. The minimum Gasteiger partial charge on any atom is -0.318 e. The fourth-order valence-electron chi connectivity index (χ4n) is 1.00. The molecule has 1 rings (SSSR count). The Balaban J connectivity index is 0. The summed E-state index contributed by atoms with van der Waals surface area (Å²) in [5, 5.41) is 6.45. The second-order valence-electron chi connectivity index (χ2n) is 2.56. The molecule has 0 aromatic heterocycles. The zero-order chi connectivity index (χ0) is 8.04. The molecular weight excluding hydrogens is 124 g/mol. The van der Waals surface area contributed by atoms with Crippen LogP contribution in [-0.2, 0) is 0 Å². The molecule has 2 N–H and O–H groups in total. The molecule has 1 saturated carbocycles. The lowest BCUT2D eigenvalue weighted by Gasteiger charge is -2.11. The van der Waals surface area contributed by atoms with Crippen molar-refractivity contribution < 1.29 is 1.43 Å². The number of hydrogen-bond acceptors (Lipinski definition) is 2. The molecule has 0 atom stereocenters. The van der Waals surface area contributed by atoms with Gasteiger partial charge in [0.15, 0.2) is 0 Å². The van der Waals surface area contributed by atoms with Gasteiger partial charge in [-0.3, -0.25) is 0 Å². The molecule has 10 heavy (non-hydrogen) atoms. The van der Waals surface area contributed by atoms with E-state index in [0.29, 0.717) is 5.54 Å². The summed E-state index contributed by atoms with van der Waals surface area (Å²) in [4.78, 5) is 0. The Morgan fingerprint density at radius 3 is 1.90 bits per heavy atom. The summed E-state index contributed by atoms with van der Waals surface area (Å²) in [7, 11) is 4.03. The second-order valence-corrected chi connectivity index (χ2v) is 2.56. The molecule has 1 aliphatic carbocycles. The quantitative estimate of drug-likeness (QED) is 0.626. The molecule has 2 heteroatoms. The Morgan fingerprint density at radius 1 is 1.30 bits per heavy atom. The molecule has 0 heterocycles. The van der Waals surface area contributed by atoms with Gasteiger partial charge in [0.05, 0.1) is 0 Å². The highest BCUT2D eigenvalue weighted by Crippen LogP contribution is 2.33. The van der Waals surface area contributed by atoms with Gasteiger partial charge in [-0.2, -0.15) is 0 Å². The van der Waals surface area contributed by atoms with Crippen molar-refractivity contribution in [1.82, 2.24) is 10.6 Å². The SMILES string of the molecule is CC.CNCC1(NC)CC1.[HH]. The van der Waals surface area contributed by atoms with E-state index in [1.54, 1.807) is 0 Å². The average Bonchev–Trinajstić information content (AvgIpc) is 2.75. The van der Waals surface area contributed by atoms with Crippen molar-refractivity contribution in [1.29, 1.82) is 0 Å². The summed E-state index contributed by atoms with van der Waals surface area (Å²) in [6, 6.07) is 0. The Morgan fingerprint density at radius 2 is 1.80 bits per heavy atom. The minimum absolute atomic E-state index is 0. The highest BCUT2D eigenvalue weighted by Gasteiger charge is 2.39. The van der Waals surface area contributed by atoms with Gasteiger partial charge >= 0.3 is 0 Å². The maximum Gasteiger partial charge on any atom is 0.0304 e. The Hall–Kier alpha value is -0.0800. The van der Waals surface area contributed by atoms with Crippen molar-refractivity contribution >= 4 is 0 Å². The monoisotopic (exact) mass is 146 g/mol. The van der Waals surface area contributed by atoms with Crippen molar-refractivity contribution in [2.24, 2.45) is 0 Å². The molecule has 0 spiro atoms. The van der Waals surface area contributed by atoms with E-state index in [0.717, 1.165) is 6.54 Å². The first kappa shape index (κ1) is 9.92. The van der Waals surface area contributed by atoms with Crippen LogP contribution in [0.15, 0.2) is 0 Å². The van der Waals surface area contributed by atoms with Crippen LogP contribution >= 0.6 is 0 Å². The smallest absolute Gasteiger partial charge is 0.0304 e. The van der Waals surface area contributed by atoms with Crippen LogP contribution in [0.5, 0.6) is 0 Å². The number of nitrogens with one attached hydrogen (secondary N) is 2. The second kappa shape index (κ2) is 4.69. The van der Waals surface area contributed by atoms with Gasteiger partial charge in [0.25, 0.3) is 0 Å². The molecule has 1 fully saturated rings. The predicted molar refractivity (Wildman–Crippen MR) is 48.4 cm³/mol. The van der Waals surface area contributed by atoms with E-state index in [1.165, 1.54) is 12.8 Å². The predicted octanol–water partition coefficient (Wildman–Crippen LogP) is 1.23. The highest BCUT2D eigenvalue weighted by molar-refractivity contribution is 5.02. The lowest BCUT2D eigenvalue weighted by atomic mass is 10.3. The highest BCUT2D eigenvalue weighted by atomic mass is 15.0. The summed E-state index contributed by atoms with van der Waals surface area (Å²) < 4.78 is 0. The lowest BCUT2D eigenvalue weighted by Crippen LogP contribution is -2.37. The number of rotatable bonds is 3. The van der Waals surface area contributed by atoms with Crippen LogP contribution in [0.4, 0.5) is 0 Å². The Kier molecular flexibility index (Phi) is 4.65. The summed E-state index contributed by atoms with van der Waals surface area (Å²) in [5.74, 6) is 0. The molecule has 0 aliphatic heterocycles. The summed E-state index contributed by atoms with van der Waals surface area (Å²) in [6.45, 7) is 5.11. The fourth-order valence-corrected chi connectivity index (χ4v) is 1.00. The number of hydrogen-bond donors (Lipinski definition) is 2. The van der Waals surface area contributed by atoms with Gasteiger partial charge in [-0.25, -0.2) is 0 Å². The van der Waals surface area contributed by atoms with Crippen LogP contribution in [0.2, 0.25) is 0 Å². The van der Waals surface area contributed by atoms with Crippen molar-refractivity contribution in [3.8, 4) is 0 Å². The summed E-state index contributed by atoms with van der Waals surface area (Å²) >= 11 is 0. The standard InChI is InChI=1S/C6H14N2.C2H6.H2/c1-7-5-6(8-2)3-4-6;1-2;/h7-8H,3-5H2,1-2H3;1-2H3;1H. The van der Waals surface area contributed by atoms with Crippen LogP contribution in [0.1, 0.15) is 28.1 Å². The van der Waals surface area contributed by atoms with Crippen molar-refractivity contribution in [3.63, 3.8) is 0 Å². The topological polar surface area (TPSA) is 24.1 Å². The van der Waals surface area contributed by atoms with Crippen LogP contribution in [0, 0.1) is 0 Å². The largest absolute Gasteiger partial charge is 0.318 e. The Bertz CT molecular complexity index is 82.2. The molecule has 64 valence electrons. The molecule has 2 nitrogen and oxygen atoms in total. The lowest BCUT2D eigenvalue weighted by molar-refractivity contribution is 0.520. The molecule has 0 bridgehead atoms. The van der Waals surface area contributed by atoms with Gasteiger partial charge in [0.2, 0.25) is 0 Å². The van der Waals surface area contributed by atoms with Gasteiger partial charge in [-0.05, 0) is 26.9 Å². The molecule has 0 unspecified atom stereocenters. The van der Waals surface area contributed by atoms with E-state index in [4.69, 9.17) is 0 Å². The zero-order valence-electron chi connectivity index (χ0n) is 7.62. The van der Waals surface area contributed by atoms with Crippen molar-refractivity contribution in [3.05, 3.63) is 0 Å². The maximum atomic E-state index is 3.29. The van der Waals surface area contributed by atoms with Crippen LogP contribution in [0.25, 0.3) is 0 Å². The van der Waals surface area contributed by atoms with Crippen LogP contribution in [0.3, 0.4) is 0 Å². The molecular formula is C8H22N2. The van der Waals surface area contributed by atoms with Gasteiger partial charge in [-0.1, -0.05) is 13.8 Å². The van der Waals surface area contributed by atoms with E-state index < -0.39 is 0 Å². The van der Waals surface area contributed by atoms with Gasteiger partial charge in [0.1, 0.15) is 0 Å². The molecule has 0 amide bonds. The molecule has 0 aromatic rings. The number of likely N-dealkylation sites (N-methyl/N-ethyl adjacent to an activating group) is 2. The first-order valence-electron chi connectivity index (χ1n) is 4.16. The van der Waals surface area contributed by atoms with E-state index in [9.17, 15) is 0 Å². The molecule has 0 aromatic carbocycles.